The molecule has 1 unspecified atom stereocenters. The monoisotopic (exact) mass is 362 g/mol. The Labute approximate surface area is 148 Å². The molecule has 1 saturated carbocycles. The molecule has 0 bridgehead atoms. The first-order valence-corrected chi connectivity index (χ1v) is 9.82. The summed E-state index contributed by atoms with van der Waals surface area (Å²) < 4.78 is 6.44. The number of fused-ring (bicyclic) bond motifs is 1. The second-order valence-electron chi connectivity index (χ2n) is 5.88. The van der Waals surface area contributed by atoms with Crippen LogP contribution in [-0.4, -0.2) is 34.5 Å². The summed E-state index contributed by atoms with van der Waals surface area (Å²) in [6.45, 7) is 0.627. The minimum Gasteiger partial charge on any atom is -0.493 e. The molecule has 0 spiro atoms. The van der Waals surface area contributed by atoms with Crippen molar-refractivity contribution in [2.45, 2.75) is 35.7 Å². The van der Waals surface area contributed by atoms with Gasteiger partial charge in [0.2, 0.25) is 11.0 Å². The van der Waals surface area contributed by atoms with Gasteiger partial charge < -0.3 is 15.4 Å². The Morgan fingerprint density at radius 1 is 1.29 bits per heavy atom. The van der Waals surface area contributed by atoms with E-state index >= 15 is 0 Å². The van der Waals surface area contributed by atoms with Crippen molar-refractivity contribution < 1.29 is 9.53 Å². The lowest BCUT2D eigenvalue weighted by Gasteiger charge is -2.26. The predicted molar refractivity (Wildman–Crippen MR) is 94.7 cm³/mol. The van der Waals surface area contributed by atoms with Gasteiger partial charge in [0.25, 0.3) is 0 Å². The van der Waals surface area contributed by atoms with Crippen LogP contribution >= 0.6 is 23.1 Å². The molecular formula is C16H18N4O2S2. The summed E-state index contributed by atoms with van der Waals surface area (Å²) in [6, 6.07) is 8.45. The van der Waals surface area contributed by atoms with Gasteiger partial charge in [-0.25, -0.2) is 0 Å². The number of carbonyl (C=O) groups excluding carboxylic acids is 1. The molecule has 0 radical (unpaired) electrons. The molecule has 1 aliphatic heterocycles. The van der Waals surface area contributed by atoms with Crippen molar-refractivity contribution in [3.8, 4) is 5.75 Å². The topological polar surface area (TPSA) is 76.1 Å². The third kappa shape index (κ3) is 3.81. The Hall–Kier alpha value is -1.80. The Morgan fingerprint density at radius 2 is 2.17 bits per heavy atom. The fourth-order valence-corrected chi connectivity index (χ4v) is 4.22. The molecule has 8 heteroatoms. The lowest BCUT2D eigenvalue weighted by Crippen LogP contribution is -2.33. The first kappa shape index (κ1) is 15.7. The number of hydrogen-bond donors (Lipinski definition) is 2. The molecule has 24 heavy (non-hydrogen) atoms. The number of hydrogen-bond acceptors (Lipinski definition) is 7. The van der Waals surface area contributed by atoms with Gasteiger partial charge in [-0.15, -0.1) is 10.2 Å². The second kappa shape index (κ2) is 6.98. The molecule has 1 aliphatic carbocycles. The van der Waals surface area contributed by atoms with Crippen LogP contribution in [0.25, 0.3) is 0 Å². The van der Waals surface area contributed by atoms with E-state index in [-0.39, 0.29) is 11.9 Å². The maximum absolute atomic E-state index is 12.3. The molecule has 2 aliphatic rings. The standard InChI is InChI=1S/C16H18N4O2S2/c21-14(9-23-16-20-19-15(24-16)17-10-5-6-10)18-12-7-8-22-13-4-2-1-3-11(12)13/h1-4,10,12H,5-9H2,(H,17,19)(H,18,21). The van der Waals surface area contributed by atoms with Gasteiger partial charge in [0.05, 0.1) is 18.4 Å². The Balaban J connectivity index is 1.30. The fourth-order valence-electron chi connectivity index (χ4n) is 2.58. The van der Waals surface area contributed by atoms with E-state index in [0.29, 0.717) is 18.4 Å². The summed E-state index contributed by atoms with van der Waals surface area (Å²) in [5, 5.41) is 15.5. The average molecular weight is 362 g/mol. The molecule has 1 amide bonds. The average Bonchev–Trinajstić information content (AvgIpc) is 3.30. The second-order valence-corrected chi connectivity index (χ2v) is 8.08. The Bertz CT molecular complexity index is 732. The van der Waals surface area contributed by atoms with E-state index in [0.717, 1.165) is 27.2 Å². The summed E-state index contributed by atoms with van der Waals surface area (Å²) in [5.74, 6) is 1.22. The SMILES string of the molecule is O=C(CSc1nnc(NC2CC2)s1)NC1CCOc2ccccc21. The number of ether oxygens (including phenoxy) is 1. The maximum atomic E-state index is 12.3. The molecule has 0 saturated heterocycles. The van der Waals surface area contributed by atoms with Crippen molar-refractivity contribution in [1.82, 2.24) is 15.5 Å². The van der Waals surface area contributed by atoms with Crippen LogP contribution in [0, 0.1) is 0 Å². The number of aromatic nitrogens is 2. The highest BCUT2D eigenvalue weighted by molar-refractivity contribution is 8.01. The van der Waals surface area contributed by atoms with Gasteiger partial charge in [-0.2, -0.15) is 0 Å². The quantitative estimate of drug-likeness (QED) is 0.770. The number of thioether (sulfide) groups is 1. The number of rotatable bonds is 6. The summed E-state index contributed by atoms with van der Waals surface area (Å²) in [5.41, 5.74) is 1.05. The molecular weight excluding hydrogens is 344 g/mol. The van der Waals surface area contributed by atoms with Crippen LogP contribution in [-0.2, 0) is 4.79 Å². The lowest BCUT2D eigenvalue weighted by molar-refractivity contribution is -0.119. The number of para-hydroxylation sites is 1. The zero-order valence-electron chi connectivity index (χ0n) is 13.0. The van der Waals surface area contributed by atoms with Gasteiger partial charge in [-0.1, -0.05) is 41.3 Å². The third-order valence-electron chi connectivity index (χ3n) is 3.93. The largest absolute Gasteiger partial charge is 0.493 e. The van der Waals surface area contributed by atoms with Gasteiger partial charge in [-0.05, 0) is 18.9 Å². The molecule has 2 N–H and O–H groups in total. The van der Waals surface area contributed by atoms with E-state index < -0.39 is 0 Å². The summed E-state index contributed by atoms with van der Waals surface area (Å²) in [6.07, 6.45) is 3.20. The van der Waals surface area contributed by atoms with Crippen LogP contribution < -0.4 is 15.4 Å². The van der Waals surface area contributed by atoms with Gasteiger partial charge in [-0.3, -0.25) is 4.79 Å². The fraction of sp³-hybridized carbons (Fsp3) is 0.438. The number of nitrogens with one attached hydrogen (secondary N) is 2. The van der Waals surface area contributed by atoms with Crippen LogP contribution in [0.5, 0.6) is 5.75 Å². The first-order valence-electron chi connectivity index (χ1n) is 8.02. The molecule has 1 fully saturated rings. The number of amides is 1. The molecule has 6 nitrogen and oxygen atoms in total. The predicted octanol–water partition coefficient (Wildman–Crippen LogP) is 2.84. The highest BCUT2D eigenvalue weighted by Crippen LogP contribution is 2.32. The summed E-state index contributed by atoms with van der Waals surface area (Å²) in [4.78, 5) is 12.3. The van der Waals surface area contributed by atoms with Crippen LogP contribution in [0.3, 0.4) is 0 Å². The van der Waals surface area contributed by atoms with E-state index in [1.807, 2.05) is 24.3 Å². The minimum atomic E-state index is 0.00797. The van der Waals surface area contributed by atoms with Crippen molar-refractivity contribution in [3.05, 3.63) is 29.8 Å². The van der Waals surface area contributed by atoms with Crippen LogP contribution in [0.15, 0.2) is 28.6 Å². The Morgan fingerprint density at radius 3 is 3.04 bits per heavy atom. The van der Waals surface area contributed by atoms with Gasteiger partial charge in [0.1, 0.15) is 5.75 Å². The van der Waals surface area contributed by atoms with Crippen molar-refractivity contribution in [2.75, 3.05) is 17.7 Å². The zero-order valence-corrected chi connectivity index (χ0v) is 14.7. The molecule has 2 aromatic rings. The number of benzene rings is 1. The summed E-state index contributed by atoms with van der Waals surface area (Å²) >= 11 is 2.94. The molecule has 1 atom stereocenters. The smallest absolute Gasteiger partial charge is 0.230 e. The van der Waals surface area contributed by atoms with E-state index in [9.17, 15) is 4.79 Å². The third-order valence-corrected chi connectivity index (χ3v) is 5.92. The summed E-state index contributed by atoms with van der Waals surface area (Å²) in [7, 11) is 0. The van der Waals surface area contributed by atoms with E-state index in [1.54, 1.807) is 0 Å². The van der Waals surface area contributed by atoms with Crippen molar-refractivity contribution in [1.29, 1.82) is 0 Å². The highest BCUT2D eigenvalue weighted by atomic mass is 32.2. The first-order chi connectivity index (χ1) is 11.8. The molecule has 2 heterocycles. The van der Waals surface area contributed by atoms with Gasteiger partial charge >= 0.3 is 0 Å². The van der Waals surface area contributed by atoms with Crippen LogP contribution in [0.1, 0.15) is 30.9 Å². The van der Waals surface area contributed by atoms with Crippen LogP contribution in [0.4, 0.5) is 5.13 Å². The van der Waals surface area contributed by atoms with Crippen molar-refractivity contribution >= 4 is 34.1 Å². The normalized spacial score (nSPS) is 19.2. The molecule has 1 aromatic carbocycles. The zero-order chi connectivity index (χ0) is 16.4. The maximum Gasteiger partial charge on any atom is 0.230 e. The van der Waals surface area contributed by atoms with E-state index in [1.165, 1.54) is 35.9 Å². The molecule has 4 rings (SSSR count). The number of carbonyl (C=O) groups is 1. The lowest BCUT2D eigenvalue weighted by atomic mass is 10.0. The number of nitrogens with zero attached hydrogens (tertiary/aromatic N) is 2. The van der Waals surface area contributed by atoms with Crippen molar-refractivity contribution in [3.63, 3.8) is 0 Å². The highest BCUT2D eigenvalue weighted by Gasteiger charge is 2.24. The van der Waals surface area contributed by atoms with Gasteiger partial charge in [0.15, 0.2) is 4.34 Å². The number of anilines is 1. The molecule has 126 valence electrons. The van der Waals surface area contributed by atoms with E-state index in [4.69, 9.17) is 4.74 Å². The van der Waals surface area contributed by atoms with Crippen LogP contribution in [0.2, 0.25) is 0 Å². The van der Waals surface area contributed by atoms with E-state index in [2.05, 4.69) is 20.8 Å². The Kier molecular flexibility index (Phi) is 4.57. The van der Waals surface area contributed by atoms with Crippen molar-refractivity contribution in [2.24, 2.45) is 0 Å². The molecule has 1 aromatic heterocycles. The van der Waals surface area contributed by atoms with Gasteiger partial charge in [0, 0.05) is 18.0 Å². The minimum absolute atomic E-state index is 0.00797.